The minimum Gasteiger partial charge on any atom is -0.497 e. The smallest absolute Gasteiger partial charge is 0.230 e. The number of hydrogen-bond donors (Lipinski definition) is 0. The lowest BCUT2D eigenvalue weighted by molar-refractivity contribution is 0.414. The zero-order chi connectivity index (χ0) is 15.7. The van der Waals surface area contributed by atoms with Gasteiger partial charge in [-0.3, -0.25) is 0 Å². The minimum atomic E-state index is 0.479. The molecule has 0 saturated carbocycles. The number of rotatable bonds is 3. The molecular weight excluding hydrogens is 346 g/mol. The molecule has 0 fully saturated rings. The summed E-state index contributed by atoms with van der Waals surface area (Å²) in [6.45, 7) is 3.75. The van der Waals surface area contributed by atoms with Gasteiger partial charge in [-0.2, -0.15) is 4.98 Å². The first-order valence-electron chi connectivity index (χ1n) is 6.70. The number of benzene rings is 1. The van der Waals surface area contributed by atoms with E-state index >= 15 is 0 Å². The molecule has 0 aliphatic rings. The molecule has 0 spiro atoms. The maximum Gasteiger partial charge on any atom is 0.230 e. The number of aromatic nitrogens is 3. The zero-order valence-electron chi connectivity index (χ0n) is 12.4. The third-order valence-electron chi connectivity index (χ3n) is 3.14. The molecule has 2 heterocycles. The van der Waals surface area contributed by atoms with Gasteiger partial charge in [0.05, 0.1) is 18.0 Å². The predicted octanol–water partition coefficient (Wildman–Crippen LogP) is 4.21. The molecule has 0 bridgehead atoms. The maximum atomic E-state index is 5.94. The second kappa shape index (κ2) is 5.88. The molecule has 2 aromatic heterocycles. The van der Waals surface area contributed by atoms with Crippen LogP contribution in [0.5, 0.6) is 17.4 Å². The number of halogens is 1. The quantitative estimate of drug-likeness (QED) is 0.655. The number of ether oxygens (including phenoxy) is 2. The minimum absolute atomic E-state index is 0.479. The lowest BCUT2D eigenvalue weighted by Crippen LogP contribution is -1.97. The van der Waals surface area contributed by atoms with E-state index in [2.05, 4.69) is 30.9 Å². The number of hydrogen-bond acceptors (Lipinski definition) is 5. The molecule has 6 heteroatoms. The van der Waals surface area contributed by atoms with E-state index in [0.29, 0.717) is 22.1 Å². The molecule has 112 valence electrons. The fourth-order valence-corrected chi connectivity index (χ4v) is 2.58. The van der Waals surface area contributed by atoms with Gasteiger partial charge in [0, 0.05) is 5.69 Å². The normalized spacial score (nSPS) is 10.7. The summed E-state index contributed by atoms with van der Waals surface area (Å²) in [5, 5.41) is 0.789. The van der Waals surface area contributed by atoms with Crippen LogP contribution in [-0.4, -0.2) is 22.1 Å². The summed E-state index contributed by atoms with van der Waals surface area (Å²) < 4.78 is 11.8. The molecular formula is C16H14BrN3O2. The van der Waals surface area contributed by atoms with Gasteiger partial charge < -0.3 is 9.47 Å². The van der Waals surface area contributed by atoms with E-state index in [1.54, 1.807) is 7.11 Å². The van der Waals surface area contributed by atoms with Crippen molar-refractivity contribution in [1.29, 1.82) is 0 Å². The van der Waals surface area contributed by atoms with Crippen LogP contribution in [-0.2, 0) is 0 Å². The predicted molar refractivity (Wildman–Crippen MR) is 87.6 cm³/mol. The van der Waals surface area contributed by atoms with Crippen molar-refractivity contribution in [2.45, 2.75) is 13.8 Å². The second-order valence-electron chi connectivity index (χ2n) is 4.80. The van der Waals surface area contributed by atoms with Gasteiger partial charge in [0.15, 0.2) is 5.75 Å². The molecule has 0 N–H and O–H groups in total. The van der Waals surface area contributed by atoms with Crippen molar-refractivity contribution in [2.75, 3.05) is 7.11 Å². The molecule has 22 heavy (non-hydrogen) atoms. The monoisotopic (exact) mass is 359 g/mol. The van der Waals surface area contributed by atoms with E-state index in [1.807, 2.05) is 44.2 Å². The summed E-state index contributed by atoms with van der Waals surface area (Å²) in [4.78, 5) is 13.1. The van der Waals surface area contributed by atoms with Crippen LogP contribution < -0.4 is 9.47 Å². The molecule has 3 aromatic rings. The Bertz CT molecular complexity index is 852. The van der Waals surface area contributed by atoms with Crippen molar-refractivity contribution in [1.82, 2.24) is 15.0 Å². The Morgan fingerprint density at radius 1 is 1.00 bits per heavy atom. The van der Waals surface area contributed by atoms with Gasteiger partial charge in [-0.15, -0.1) is 0 Å². The van der Waals surface area contributed by atoms with Gasteiger partial charge in [0.1, 0.15) is 16.2 Å². The van der Waals surface area contributed by atoms with E-state index in [0.717, 1.165) is 22.3 Å². The molecule has 0 aliphatic carbocycles. The fourth-order valence-electron chi connectivity index (χ4n) is 2.09. The maximum absolute atomic E-state index is 5.94. The van der Waals surface area contributed by atoms with Gasteiger partial charge in [-0.25, -0.2) is 9.97 Å². The van der Waals surface area contributed by atoms with Crippen molar-refractivity contribution in [3.8, 4) is 17.4 Å². The standard InChI is InChI=1S/C16H14BrN3O2/c1-9-4-7-14(15(17)18-9)22-16-12-8-11(21-3)5-6-13(12)19-10(2)20-16/h4-8H,1-3H3. The van der Waals surface area contributed by atoms with E-state index in [9.17, 15) is 0 Å². The van der Waals surface area contributed by atoms with Crippen molar-refractivity contribution in [2.24, 2.45) is 0 Å². The second-order valence-corrected chi connectivity index (χ2v) is 5.55. The lowest BCUT2D eigenvalue weighted by atomic mass is 10.2. The van der Waals surface area contributed by atoms with Gasteiger partial charge in [-0.1, -0.05) is 0 Å². The SMILES string of the molecule is COc1ccc2nc(C)nc(Oc3ccc(C)nc3Br)c2c1. The van der Waals surface area contributed by atoms with E-state index < -0.39 is 0 Å². The van der Waals surface area contributed by atoms with Crippen molar-refractivity contribution < 1.29 is 9.47 Å². The first-order valence-corrected chi connectivity index (χ1v) is 7.49. The molecule has 0 radical (unpaired) electrons. The largest absolute Gasteiger partial charge is 0.497 e. The first kappa shape index (κ1) is 14.7. The fraction of sp³-hybridized carbons (Fsp3) is 0.188. The van der Waals surface area contributed by atoms with E-state index in [1.165, 1.54) is 0 Å². The number of methoxy groups -OCH3 is 1. The van der Waals surface area contributed by atoms with Crippen LogP contribution in [0.4, 0.5) is 0 Å². The highest BCUT2D eigenvalue weighted by Crippen LogP contribution is 2.32. The molecule has 0 atom stereocenters. The Balaban J connectivity index is 2.12. The Labute approximate surface area is 136 Å². The van der Waals surface area contributed by atoms with Crippen molar-refractivity contribution >= 4 is 26.8 Å². The van der Waals surface area contributed by atoms with Crippen LogP contribution in [0.2, 0.25) is 0 Å². The van der Waals surface area contributed by atoms with Crippen LogP contribution in [0.1, 0.15) is 11.5 Å². The number of aryl methyl sites for hydroxylation is 2. The van der Waals surface area contributed by atoms with Crippen LogP contribution in [0, 0.1) is 13.8 Å². The summed E-state index contributed by atoms with van der Waals surface area (Å²) >= 11 is 3.41. The summed E-state index contributed by atoms with van der Waals surface area (Å²) in [6.07, 6.45) is 0. The Morgan fingerprint density at radius 3 is 2.55 bits per heavy atom. The average Bonchev–Trinajstić information content (AvgIpc) is 2.49. The molecule has 5 nitrogen and oxygen atoms in total. The summed E-state index contributed by atoms with van der Waals surface area (Å²) in [6, 6.07) is 9.35. The van der Waals surface area contributed by atoms with Crippen molar-refractivity contribution in [3.05, 3.63) is 46.5 Å². The highest BCUT2D eigenvalue weighted by Gasteiger charge is 2.12. The van der Waals surface area contributed by atoms with Gasteiger partial charge in [-0.05, 0) is 60.1 Å². The molecule has 0 aliphatic heterocycles. The van der Waals surface area contributed by atoms with Gasteiger partial charge in [0.25, 0.3) is 0 Å². The van der Waals surface area contributed by atoms with E-state index in [4.69, 9.17) is 9.47 Å². The molecule has 0 amide bonds. The summed E-state index contributed by atoms with van der Waals surface area (Å²) in [7, 11) is 1.62. The van der Waals surface area contributed by atoms with Gasteiger partial charge in [0.2, 0.25) is 5.88 Å². The van der Waals surface area contributed by atoms with Crippen LogP contribution in [0.25, 0.3) is 10.9 Å². The highest BCUT2D eigenvalue weighted by molar-refractivity contribution is 9.10. The number of pyridine rings is 1. The molecule has 0 unspecified atom stereocenters. The van der Waals surface area contributed by atoms with E-state index in [-0.39, 0.29) is 0 Å². The zero-order valence-corrected chi connectivity index (χ0v) is 14.0. The van der Waals surface area contributed by atoms with Crippen molar-refractivity contribution in [3.63, 3.8) is 0 Å². The van der Waals surface area contributed by atoms with Crippen LogP contribution in [0.15, 0.2) is 34.9 Å². The summed E-state index contributed by atoms with van der Waals surface area (Å²) in [5.74, 6) is 2.45. The summed E-state index contributed by atoms with van der Waals surface area (Å²) in [5.41, 5.74) is 1.71. The molecule has 3 rings (SSSR count). The molecule has 1 aromatic carbocycles. The third kappa shape index (κ3) is 2.87. The van der Waals surface area contributed by atoms with Crippen LogP contribution >= 0.6 is 15.9 Å². The molecule has 0 saturated heterocycles. The Kier molecular flexibility index (Phi) is 3.94. The Morgan fingerprint density at radius 2 is 1.82 bits per heavy atom. The number of nitrogens with zero attached hydrogens (tertiary/aromatic N) is 3. The van der Waals surface area contributed by atoms with Crippen LogP contribution in [0.3, 0.4) is 0 Å². The number of fused-ring (bicyclic) bond motifs is 1. The average molecular weight is 360 g/mol. The topological polar surface area (TPSA) is 57.1 Å². The first-order chi connectivity index (χ1) is 10.6. The Hall–Kier alpha value is -2.21. The third-order valence-corrected chi connectivity index (χ3v) is 3.71. The lowest BCUT2D eigenvalue weighted by Gasteiger charge is -2.11. The highest BCUT2D eigenvalue weighted by atomic mass is 79.9. The van der Waals surface area contributed by atoms with Gasteiger partial charge >= 0.3 is 0 Å².